The van der Waals surface area contributed by atoms with E-state index >= 15 is 0 Å². The first-order chi connectivity index (χ1) is 14.7. The van der Waals surface area contributed by atoms with Gasteiger partial charge in [0.15, 0.2) is 12.4 Å². The lowest BCUT2D eigenvalue weighted by molar-refractivity contribution is -0.118. The maximum atomic E-state index is 12.4. The fourth-order valence-electron chi connectivity index (χ4n) is 2.90. The van der Waals surface area contributed by atoms with Gasteiger partial charge in [0.05, 0.1) is 12.5 Å². The summed E-state index contributed by atoms with van der Waals surface area (Å²) in [5.74, 6) is 1.39. The van der Waals surface area contributed by atoms with Crippen LogP contribution in [0.15, 0.2) is 89.7 Å². The van der Waals surface area contributed by atoms with Gasteiger partial charge in [-0.15, -0.1) is 0 Å². The smallest absolute Gasteiger partial charge is 0.263 e. The van der Waals surface area contributed by atoms with Crippen LogP contribution in [0.25, 0.3) is 0 Å². The summed E-state index contributed by atoms with van der Waals surface area (Å²) in [5, 5.41) is 6.95. The largest absolute Gasteiger partial charge is 0.484 e. The Balaban J connectivity index is 1.31. The maximum absolute atomic E-state index is 12.4. The monoisotopic (exact) mass is 401 g/mol. The quantitative estimate of drug-likeness (QED) is 0.454. The first-order valence-corrected chi connectivity index (χ1v) is 9.36. The van der Waals surface area contributed by atoms with Gasteiger partial charge in [-0.25, -0.2) is 4.68 Å². The second-order valence-electron chi connectivity index (χ2n) is 6.51. The number of nitrogens with one attached hydrogen (secondary N) is 1. The Morgan fingerprint density at radius 2 is 1.70 bits per heavy atom. The van der Waals surface area contributed by atoms with Gasteiger partial charge in [-0.2, -0.15) is 5.10 Å². The lowest BCUT2D eigenvalue weighted by atomic mass is 10.0. The van der Waals surface area contributed by atoms with Crippen molar-refractivity contribution < 1.29 is 18.7 Å². The number of furan rings is 1. The normalized spacial score (nSPS) is 10.5. The highest BCUT2D eigenvalue weighted by atomic mass is 16.5. The van der Waals surface area contributed by atoms with Crippen molar-refractivity contribution >= 4 is 17.5 Å². The minimum absolute atomic E-state index is 0.0651. The molecule has 7 heteroatoms. The average Bonchev–Trinajstić information content (AvgIpc) is 3.45. The fourth-order valence-corrected chi connectivity index (χ4v) is 2.90. The third-order valence-electron chi connectivity index (χ3n) is 4.39. The zero-order chi connectivity index (χ0) is 20.8. The topological polar surface area (TPSA) is 86.4 Å². The van der Waals surface area contributed by atoms with Crippen molar-refractivity contribution in [2.45, 2.75) is 6.54 Å². The molecular weight excluding hydrogens is 382 g/mol. The number of aromatic nitrogens is 2. The lowest BCUT2D eigenvalue weighted by Crippen LogP contribution is -2.22. The van der Waals surface area contributed by atoms with Crippen molar-refractivity contribution in [1.29, 1.82) is 0 Å². The van der Waals surface area contributed by atoms with Gasteiger partial charge in [0.2, 0.25) is 0 Å². The number of rotatable bonds is 8. The number of ether oxygens (including phenoxy) is 1. The van der Waals surface area contributed by atoms with Crippen LogP contribution in [0.5, 0.6) is 5.75 Å². The number of nitrogens with zero attached hydrogens (tertiary/aromatic N) is 2. The number of anilines is 1. The van der Waals surface area contributed by atoms with Crippen LogP contribution in [0.3, 0.4) is 0 Å². The van der Waals surface area contributed by atoms with E-state index in [4.69, 9.17) is 9.15 Å². The first-order valence-electron chi connectivity index (χ1n) is 9.36. The number of benzene rings is 2. The average molecular weight is 401 g/mol. The van der Waals surface area contributed by atoms with Gasteiger partial charge >= 0.3 is 0 Å². The van der Waals surface area contributed by atoms with Crippen molar-refractivity contribution in [1.82, 2.24) is 9.78 Å². The van der Waals surface area contributed by atoms with Crippen LogP contribution < -0.4 is 10.1 Å². The zero-order valence-electron chi connectivity index (χ0n) is 16.0. The molecular formula is C23H19N3O4. The number of carbonyl (C=O) groups excluding carboxylic acids is 2. The van der Waals surface area contributed by atoms with E-state index in [1.54, 1.807) is 65.7 Å². The number of carbonyl (C=O) groups is 2. The van der Waals surface area contributed by atoms with Crippen LogP contribution in [0.1, 0.15) is 21.7 Å². The molecule has 7 nitrogen and oxygen atoms in total. The van der Waals surface area contributed by atoms with Crippen molar-refractivity contribution in [3.05, 3.63) is 102 Å². The minimum Gasteiger partial charge on any atom is -0.484 e. The van der Waals surface area contributed by atoms with E-state index in [0.29, 0.717) is 29.2 Å². The molecule has 2 aromatic heterocycles. The molecule has 0 saturated heterocycles. The number of ketones is 1. The van der Waals surface area contributed by atoms with E-state index in [2.05, 4.69) is 10.4 Å². The fraction of sp³-hybridized carbons (Fsp3) is 0.0870. The Bertz CT molecular complexity index is 1120. The second kappa shape index (κ2) is 8.91. The molecule has 0 aliphatic rings. The Morgan fingerprint density at radius 3 is 2.43 bits per heavy atom. The van der Waals surface area contributed by atoms with Crippen molar-refractivity contribution in [2.75, 3.05) is 11.9 Å². The molecule has 30 heavy (non-hydrogen) atoms. The van der Waals surface area contributed by atoms with Gasteiger partial charge in [-0.05, 0) is 36.4 Å². The molecule has 1 N–H and O–H groups in total. The van der Waals surface area contributed by atoms with E-state index in [1.807, 2.05) is 24.3 Å². The highest BCUT2D eigenvalue weighted by Crippen LogP contribution is 2.16. The Labute approximate surface area is 172 Å². The van der Waals surface area contributed by atoms with Crippen LogP contribution in [0, 0.1) is 0 Å². The number of hydrogen-bond donors (Lipinski definition) is 1. The molecule has 2 heterocycles. The van der Waals surface area contributed by atoms with Crippen molar-refractivity contribution in [3.63, 3.8) is 0 Å². The molecule has 0 atom stereocenters. The van der Waals surface area contributed by atoms with Crippen LogP contribution in [0.4, 0.5) is 5.82 Å². The van der Waals surface area contributed by atoms with Gasteiger partial charge in [0.1, 0.15) is 23.9 Å². The summed E-state index contributed by atoms with van der Waals surface area (Å²) in [4.78, 5) is 24.7. The predicted octanol–water partition coefficient (Wildman–Crippen LogP) is 3.77. The van der Waals surface area contributed by atoms with Crippen molar-refractivity contribution in [2.24, 2.45) is 0 Å². The molecule has 2 aromatic carbocycles. The maximum Gasteiger partial charge on any atom is 0.263 e. The van der Waals surface area contributed by atoms with Gasteiger partial charge < -0.3 is 14.5 Å². The van der Waals surface area contributed by atoms with Gasteiger partial charge in [0, 0.05) is 17.2 Å². The van der Waals surface area contributed by atoms with E-state index in [0.717, 1.165) is 5.76 Å². The molecule has 0 bridgehead atoms. The summed E-state index contributed by atoms with van der Waals surface area (Å²) in [7, 11) is 0. The Hall–Kier alpha value is -4.13. The molecule has 0 fully saturated rings. The van der Waals surface area contributed by atoms with Crippen LogP contribution in [0.2, 0.25) is 0 Å². The van der Waals surface area contributed by atoms with E-state index in [1.165, 1.54) is 0 Å². The molecule has 0 aliphatic heterocycles. The third-order valence-corrected chi connectivity index (χ3v) is 4.39. The Morgan fingerprint density at radius 1 is 0.933 bits per heavy atom. The molecule has 0 saturated carbocycles. The summed E-state index contributed by atoms with van der Waals surface area (Å²) in [6, 6.07) is 21.1. The van der Waals surface area contributed by atoms with E-state index in [-0.39, 0.29) is 18.3 Å². The molecule has 0 radical (unpaired) electrons. The molecule has 4 rings (SSSR count). The molecule has 0 aliphatic carbocycles. The lowest BCUT2D eigenvalue weighted by Gasteiger charge is -2.09. The standard InChI is InChI=1S/C23H19N3O4/c27-22(25-21-12-13-24-26(21)15-20-7-4-14-29-20)16-30-19-10-8-18(9-11-19)23(28)17-5-2-1-3-6-17/h1-14H,15-16H2,(H,25,27). The molecule has 1 amide bonds. The summed E-state index contributed by atoms with van der Waals surface area (Å²) in [6.45, 7) is 0.241. The molecule has 4 aromatic rings. The van der Waals surface area contributed by atoms with Crippen LogP contribution in [-0.2, 0) is 11.3 Å². The highest BCUT2D eigenvalue weighted by Gasteiger charge is 2.11. The SMILES string of the molecule is O=C(COc1ccc(C(=O)c2ccccc2)cc1)Nc1ccnn1Cc1ccco1. The van der Waals surface area contributed by atoms with Crippen molar-refractivity contribution in [3.8, 4) is 5.75 Å². The predicted molar refractivity (Wildman–Crippen MR) is 110 cm³/mol. The summed E-state index contributed by atoms with van der Waals surface area (Å²) < 4.78 is 12.5. The summed E-state index contributed by atoms with van der Waals surface area (Å²) >= 11 is 0. The third kappa shape index (κ3) is 4.64. The van der Waals surface area contributed by atoms with Gasteiger partial charge in [0.25, 0.3) is 5.91 Å². The number of amides is 1. The summed E-state index contributed by atoms with van der Waals surface area (Å²) in [5.41, 5.74) is 1.18. The van der Waals surface area contributed by atoms with E-state index < -0.39 is 0 Å². The van der Waals surface area contributed by atoms with Gasteiger partial charge in [-0.3, -0.25) is 9.59 Å². The zero-order valence-corrected chi connectivity index (χ0v) is 16.0. The molecule has 150 valence electrons. The van der Waals surface area contributed by atoms with E-state index in [9.17, 15) is 9.59 Å². The second-order valence-corrected chi connectivity index (χ2v) is 6.51. The molecule has 0 spiro atoms. The highest BCUT2D eigenvalue weighted by molar-refractivity contribution is 6.09. The minimum atomic E-state index is -0.319. The Kier molecular flexibility index (Phi) is 5.70. The summed E-state index contributed by atoms with van der Waals surface area (Å²) in [6.07, 6.45) is 3.19. The van der Waals surface area contributed by atoms with Crippen LogP contribution >= 0.6 is 0 Å². The van der Waals surface area contributed by atoms with Gasteiger partial charge in [-0.1, -0.05) is 30.3 Å². The number of hydrogen-bond acceptors (Lipinski definition) is 5. The first kappa shape index (κ1) is 19.2. The van der Waals surface area contributed by atoms with Crippen LogP contribution in [-0.4, -0.2) is 28.1 Å². The molecule has 0 unspecified atom stereocenters.